The van der Waals surface area contributed by atoms with E-state index >= 15 is 0 Å². The number of ketones is 2. The molecule has 6 nitrogen and oxygen atoms in total. The van der Waals surface area contributed by atoms with E-state index < -0.39 is 23.7 Å². The van der Waals surface area contributed by atoms with Crippen molar-refractivity contribution < 1.29 is 24.5 Å². The molecule has 1 heterocycles. The molecular weight excluding hydrogens is 370 g/mol. The number of carbonyl (C=O) groups is 2. The highest BCUT2D eigenvalue weighted by molar-refractivity contribution is 5.96. The first kappa shape index (κ1) is 19.2. The fourth-order valence-electron chi connectivity index (χ4n) is 7.72. The summed E-state index contributed by atoms with van der Waals surface area (Å²) in [5.41, 5.74) is -0.931. The van der Waals surface area contributed by atoms with Gasteiger partial charge in [0.25, 0.3) is 0 Å². The van der Waals surface area contributed by atoms with E-state index in [1.165, 1.54) is 0 Å². The Morgan fingerprint density at radius 2 is 2.14 bits per heavy atom. The molecule has 0 aromatic heterocycles. The number of hydrogen-bond donors (Lipinski definition) is 2. The number of rotatable bonds is 2. The quantitative estimate of drug-likeness (QED) is 0.693. The fraction of sp³-hybridized carbons (Fsp3) is 0.696. The topological polar surface area (TPSA) is 96.2 Å². The van der Waals surface area contributed by atoms with Crippen LogP contribution >= 0.6 is 0 Å². The summed E-state index contributed by atoms with van der Waals surface area (Å²) in [6, 6.07) is 0. The smallest absolute Gasteiger partial charge is 0.190 e. The highest BCUT2D eigenvalue weighted by atomic mass is 16.5. The van der Waals surface area contributed by atoms with Gasteiger partial charge < -0.3 is 14.9 Å². The largest absolute Gasteiger partial charge is 0.475 e. The number of fused-ring (bicyclic) bond motifs is 7. The molecular formula is C23H29NO5. The zero-order valence-corrected chi connectivity index (χ0v) is 17.2. The van der Waals surface area contributed by atoms with Crippen molar-refractivity contribution in [2.45, 2.75) is 64.2 Å². The molecule has 1 aliphatic heterocycles. The summed E-state index contributed by atoms with van der Waals surface area (Å²) in [5, 5.41) is 21.2. The number of aliphatic hydroxyl groups is 2. The maximum Gasteiger partial charge on any atom is 0.190 e. The Hall–Kier alpha value is -1.79. The molecule has 4 unspecified atom stereocenters. The van der Waals surface area contributed by atoms with Crippen LogP contribution in [0.15, 0.2) is 28.8 Å². The van der Waals surface area contributed by atoms with Gasteiger partial charge in [-0.3, -0.25) is 9.59 Å². The second kappa shape index (κ2) is 5.88. The van der Waals surface area contributed by atoms with Crippen molar-refractivity contribution in [2.24, 2.45) is 33.6 Å². The number of ether oxygens (including phenoxy) is 1. The molecule has 6 heteroatoms. The molecule has 0 saturated heterocycles. The van der Waals surface area contributed by atoms with Gasteiger partial charge in [-0.1, -0.05) is 31.6 Å². The second-order valence-corrected chi connectivity index (χ2v) is 10.0. The van der Waals surface area contributed by atoms with Crippen LogP contribution in [0.4, 0.5) is 0 Å². The van der Waals surface area contributed by atoms with Crippen LogP contribution in [0.2, 0.25) is 0 Å². The lowest BCUT2D eigenvalue weighted by Crippen LogP contribution is -2.62. The van der Waals surface area contributed by atoms with Crippen LogP contribution in [0.1, 0.15) is 46.5 Å². The van der Waals surface area contributed by atoms with E-state index in [1.807, 2.05) is 6.08 Å². The standard InChI is InChI=1S/C23H29NO5/c1-12-24-23(18(28)11-25)19(29-12)9-16-15-5-4-13-8-14(26)6-7-21(13,2)20(15)17(27)10-22(16,23)3/h4,6-7,15-17,19-20,25,27H,5,8-11H2,1-3H3/t15?,16?,17-,19+,20?,21-,22-,23?/m0/s1. The van der Waals surface area contributed by atoms with Gasteiger partial charge in [0.1, 0.15) is 12.7 Å². The lowest BCUT2D eigenvalue weighted by Gasteiger charge is -2.58. The summed E-state index contributed by atoms with van der Waals surface area (Å²) in [7, 11) is 0. The van der Waals surface area contributed by atoms with E-state index in [9.17, 15) is 19.8 Å². The molecule has 0 radical (unpaired) electrons. The molecule has 29 heavy (non-hydrogen) atoms. The van der Waals surface area contributed by atoms with Crippen LogP contribution in [0.3, 0.4) is 0 Å². The summed E-state index contributed by atoms with van der Waals surface area (Å²) in [5.74, 6) is 0.604. The van der Waals surface area contributed by atoms with Crippen molar-refractivity contribution in [3.63, 3.8) is 0 Å². The maximum absolute atomic E-state index is 13.0. The predicted octanol–water partition coefficient (Wildman–Crippen LogP) is 1.99. The van der Waals surface area contributed by atoms with Crippen molar-refractivity contribution in [1.29, 1.82) is 0 Å². The highest BCUT2D eigenvalue weighted by Crippen LogP contribution is 2.68. The molecule has 2 saturated carbocycles. The summed E-state index contributed by atoms with van der Waals surface area (Å²) in [4.78, 5) is 29.7. The Balaban J connectivity index is 1.62. The van der Waals surface area contributed by atoms with Crippen molar-refractivity contribution in [3.05, 3.63) is 23.8 Å². The van der Waals surface area contributed by atoms with Crippen molar-refractivity contribution >= 4 is 17.5 Å². The minimum atomic E-state index is -1.12. The highest BCUT2D eigenvalue weighted by Gasteiger charge is 2.74. The summed E-state index contributed by atoms with van der Waals surface area (Å²) < 4.78 is 5.99. The second-order valence-electron chi connectivity index (χ2n) is 10.0. The average Bonchev–Trinajstić information content (AvgIpc) is 3.12. The van der Waals surface area contributed by atoms with E-state index in [2.05, 4.69) is 24.9 Å². The van der Waals surface area contributed by atoms with Gasteiger partial charge in [0, 0.05) is 30.1 Å². The van der Waals surface area contributed by atoms with Crippen LogP contribution in [0, 0.1) is 28.6 Å². The number of carbonyl (C=O) groups excluding carboxylic acids is 2. The molecule has 5 rings (SSSR count). The van der Waals surface area contributed by atoms with Crippen molar-refractivity contribution in [3.8, 4) is 0 Å². The number of hydrogen-bond acceptors (Lipinski definition) is 6. The van der Waals surface area contributed by atoms with Crippen molar-refractivity contribution in [1.82, 2.24) is 0 Å². The zero-order valence-electron chi connectivity index (χ0n) is 17.2. The fourth-order valence-corrected chi connectivity index (χ4v) is 7.72. The molecule has 156 valence electrons. The van der Waals surface area contributed by atoms with Crippen molar-refractivity contribution in [2.75, 3.05) is 6.61 Å². The van der Waals surface area contributed by atoms with E-state index in [-0.39, 0.29) is 40.8 Å². The van der Waals surface area contributed by atoms with Gasteiger partial charge in [0.05, 0.1) is 6.10 Å². The molecule has 2 fully saturated rings. The molecule has 0 amide bonds. The number of allylic oxidation sites excluding steroid dienone is 4. The minimum Gasteiger partial charge on any atom is -0.475 e. The summed E-state index contributed by atoms with van der Waals surface area (Å²) >= 11 is 0. The first-order valence-corrected chi connectivity index (χ1v) is 10.6. The van der Waals surface area contributed by atoms with Crippen LogP contribution < -0.4 is 0 Å². The van der Waals surface area contributed by atoms with Crippen LogP contribution in [0.25, 0.3) is 0 Å². The normalized spacial score (nSPS) is 50.0. The first-order valence-electron chi connectivity index (χ1n) is 10.6. The first-order chi connectivity index (χ1) is 13.7. The predicted molar refractivity (Wildman–Crippen MR) is 106 cm³/mol. The number of Topliss-reactive ketones (excluding diaryl/α,β-unsaturated/α-hetero) is 1. The SMILES string of the molecule is CC1=NC2(C(=O)CO)[C@@H](CC3C4CC=C5CC(=O)C=C[C@]5(C)C4[C@@H](O)C[C@@]32C)O1. The average molecular weight is 399 g/mol. The maximum atomic E-state index is 13.0. The van der Waals surface area contributed by atoms with Gasteiger partial charge in [-0.15, -0.1) is 0 Å². The molecule has 4 aliphatic carbocycles. The van der Waals surface area contributed by atoms with Gasteiger partial charge >= 0.3 is 0 Å². The molecule has 8 atom stereocenters. The molecule has 2 N–H and O–H groups in total. The molecule has 5 aliphatic rings. The van der Waals surface area contributed by atoms with E-state index in [1.54, 1.807) is 13.0 Å². The molecule has 0 spiro atoms. The van der Waals surface area contributed by atoms with E-state index in [4.69, 9.17) is 4.74 Å². The zero-order chi connectivity index (χ0) is 20.8. The molecule has 0 bridgehead atoms. The Labute approximate surface area is 170 Å². The monoisotopic (exact) mass is 399 g/mol. The molecule has 0 aromatic rings. The Kier molecular flexibility index (Phi) is 3.89. The van der Waals surface area contributed by atoms with Gasteiger partial charge in [-0.25, -0.2) is 4.99 Å². The number of aliphatic imine (C=N–C) groups is 1. The lowest BCUT2D eigenvalue weighted by atomic mass is 9.46. The van der Waals surface area contributed by atoms with Crippen LogP contribution in [0.5, 0.6) is 0 Å². The number of nitrogens with zero attached hydrogens (tertiary/aromatic N) is 1. The van der Waals surface area contributed by atoms with Gasteiger partial charge in [-0.05, 0) is 37.2 Å². The van der Waals surface area contributed by atoms with E-state index in [0.717, 1.165) is 12.0 Å². The van der Waals surface area contributed by atoms with Gasteiger partial charge in [0.15, 0.2) is 23.0 Å². The van der Waals surface area contributed by atoms with Gasteiger partial charge in [-0.2, -0.15) is 0 Å². The van der Waals surface area contributed by atoms with E-state index in [0.29, 0.717) is 25.2 Å². The minimum absolute atomic E-state index is 0.00453. The Bertz CT molecular complexity index is 890. The van der Waals surface area contributed by atoms with Gasteiger partial charge in [0.2, 0.25) is 0 Å². The third-order valence-corrected chi connectivity index (χ3v) is 8.87. The number of aliphatic hydroxyl groups excluding tert-OH is 2. The third kappa shape index (κ3) is 2.17. The third-order valence-electron chi connectivity index (χ3n) is 8.87. The molecule has 0 aromatic carbocycles. The Morgan fingerprint density at radius 1 is 1.38 bits per heavy atom. The lowest BCUT2D eigenvalue weighted by molar-refractivity contribution is -0.144. The summed E-state index contributed by atoms with van der Waals surface area (Å²) in [6.45, 7) is 5.37. The summed E-state index contributed by atoms with van der Waals surface area (Å²) in [6.07, 6.45) is 7.17. The Morgan fingerprint density at radius 3 is 2.86 bits per heavy atom. The van der Waals surface area contributed by atoms with Crippen LogP contribution in [-0.2, 0) is 14.3 Å². The van der Waals surface area contributed by atoms with Crippen LogP contribution in [-0.4, -0.2) is 52.0 Å².